The largest absolute Gasteiger partial charge is 0.479 e. The van der Waals surface area contributed by atoms with Crippen molar-refractivity contribution < 1.29 is 14.6 Å². The first-order valence-electron chi connectivity index (χ1n) is 10.3. The number of hydrogen-bond acceptors (Lipinski definition) is 3. The number of para-hydroxylation sites is 1. The van der Waals surface area contributed by atoms with Crippen molar-refractivity contribution in [3.05, 3.63) is 77.8 Å². The lowest BCUT2D eigenvalue weighted by molar-refractivity contribution is -0.145. The third-order valence-corrected chi connectivity index (χ3v) is 5.33. The molecule has 31 heavy (non-hydrogen) atoms. The van der Waals surface area contributed by atoms with Gasteiger partial charge in [0.05, 0.1) is 11.0 Å². The molecule has 0 aliphatic rings. The lowest BCUT2D eigenvalue weighted by Gasteiger charge is -2.15. The summed E-state index contributed by atoms with van der Waals surface area (Å²) in [4.78, 5) is 16.5. The minimum atomic E-state index is -0.954. The molecule has 6 heteroatoms. The molecule has 4 aromatic rings. The van der Waals surface area contributed by atoms with Crippen LogP contribution in [0.5, 0.6) is 5.75 Å². The summed E-state index contributed by atoms with van der Waals surface area (Å²) in [6, 6.07) is 23.0. The predicted molar refractivity (Wildman–Crippen MR) is 123 cm³/mol. The van der Waals surface area contributed by atoms with Gasteiger partial charge in [-0.3, -0.25) is 4.57 Å². The van der Waals surface area contributed by atoms with E-state index in [1.165, 1.54) is 0 Å². The highest BCUT2D eigenvalue weighted by Gasteiger charge is 2.20. The van der Waals surface area contributed by atoms with Gasteiger partial charge in [-0.05, 0) is 49.2 Å². The maximum absolute atomic E-state index is 11.6. The number of nitrogens with zero attached hydrogens (tertiary/aromatic N) is 2. The first kappa shape index (κ1) is 20.9. The van der Waals surface area contributed by atoms with Crippen LogP contribution in [0, 0.1) is 0 Å². The first-order valence-corrected chi connectivity index (χ1v) is 10.7. The number of fused-ring (bicyclic) bond motifs is 1. The van der Waals surface area contributed by atoms with Gasteiger partial charge in [0.2, 0.25) is 0 Å². The fraction of sp³-hybridized carbons (Fsp3) is 0.200. The zero-order valence-electron chi connectivity index (χ0n) is 17.2. The summed E-state index contributed by atoms with van der Waals surface area (Å²) < 4.78 is 7.89. The number of carboxylic acids is 1. The quantitative estimate of drug-likeness (QED) is 0.350. The number of ether oxygens (including phenoxy) is 1. The third kappa shape index (κ3) is 4.57. The standard InChI is InChI=1S/C25H23ClN2O3/c1-2-3-12-23(25(29)30)31-20-13-14-21-22(16-20)28(19-10-5-4-6-11-19)24(27-21)17-8-7-9-18(26)15-17/h4-11,13-16,23H,2-3,12H2,1H3,(H,29,30). The fourth-order valence-electron chi connectivity index (χ4n) is 3.57. The van der Waals surface area contributed by atoms with E-state index in [2.05, 4.69) is 0 Å². The average Bonchev–Trinajstić information content (AvgIpc) is 3.16. The minimum absolute atomic E-state index is 0.468. The van der Waals surface area contributed by atoms with E-state index in [1.807, 2.05) is 78.2 Å². The van der Waals surface area contributed by atoms with Crippen molar-refractivity contribution in [1.82, 2.24) is 9.55 Å². The Labute approximate surface area is 185 Å². The van der Waals surface area contributed by atoms with Gasteiger partial charge in [0.1, 0.15) is 11.6 Å². The molecular formula is C25H23ClN2O3. The van der Waals surface area contributed by atoms with Crippen molar-refractivity contribution in [1.29, 1.82) is 0 Å². The monoisotopic (exact) mass is 434 g/mol. The van der Waals surface area contributed by atoms with Crippen LogP contribution in [0.1, 0.15) is 26.2 Å². The van der Waals surface area contributed by atoms with Crippen LogP contribution in [0.2, 0.25) is 5.02 Å². The predicted octanol–water partition coefficient (Wildman–Crippen LogP) is 6.37. The first-order chi connectivity index (χ1) is 15.1. The summed E-state index contributed by atoms with van der Waals surface area (Å²) >= 11 is 6.23. The number of benzene rings is 3. The van der Waals surface area contributed by atoms with Crippen molar-refractivity contribution >= 4 is 28.6 Å². The van der Waals surface area contributed by atoms with E-state index in [1.54, 1.807) is 6.07 Å². The summed E-state index contributed by atoms with van der Waals surface area (Å²) in [5, 5.41) is 10.2. The number of halogens is 1. The van der Waals surface area contributed by atoms with Crippen molar-refractivity contribution in [3.63, 3.8) is 0 Å². The zero-order chi connectivity index (χ0) is 21.8. The highest BCUT2D eigenvalue weighted by atomic mass is 35.5. The third-order valence-electron chi connectivity index (χ3n) is 5.10. The van der Waals surface area contributed by atoms with E-state index in [-0.39, 0.29) is 0 Å². The fourth-order valence-corrected chi connectivity index (χ4v) is 3.76. The Morgan fingerprint density at radius 1 is 1.10 bits per heavy atom. The minimum Gasteiger partial charge on any atom is -0.479 e. The van der Waals surface area contributed by atoms with Gasteiger partial charge in [0.25, 0.3) is 0 Å². The van der Waals surface area contributed by atoms with Gasteiger partial charge < -0.3 is 9.84 Å². The Bertz CT molecular complexity index is 1200. The van der Waals surface area contributed by atoms with Crippen LogP contribution in [-0.2, 0) is 4.79 Å². The molecule has 0 aliphatic carbocycles. The molecule has 5 nitrogen and oxygen atoms in total. The van der Waals surface area contributed by atoms with Gasteiger partial charge in [-0.25, -0.2) is 9.78 Å². The van der Waals surface area contributed by atoms with E-state index >= 15 is 0 Å². The zero-order valence-corrected chi connectivity index (χ0v) is 17.9. The molecule has 158 valence electrons. The molecule has 0 amide bonds. The van der Waals surface area contributed by atoms with E-state index in [0.29, 0.717) is 17.2 Å². The lowest BCUT2D eigenvalue weighted by Crippen LogP contribution is -2.26. The summed E-state index contributed by atoms with van der Waals surface area (Å²) in [5.74, 6) is 0.303. The van der Waals surface area contributed by atoms with Gasteiger partial charge >= 0.3 is 5.97 Å². The molecule has 1 atom stereocenters. The summed E-state index contributed by atoms with van der Waals surface area (Å²) in [5.41, 5.74) is 3.45. The van der Waals surface area contributed by atoms with Crippen LogP contribution < -0.4 is 4.74 Å². The molecule has 3 aromatic carbocycles. The van der Waals surface area contributed by atoms with Crippen LogP contribution in [0.25, 0.3) is 28.1 Å². The SMILES string of the molecule is CCCCC(Oc1ccc2nc(-c3cccc(Cl)c3)n(-c3ccccc3)c2c1)C(=O)O. The molecule has 1 aromatic heterocycles. The van der Waals surface area contributed by atoms with Gasteiger partial charge in [-0.1, -0.05) is 55.3 Å². The van der Waals surface area contributed by atoms with Crippen LogP contribution in [0.3, 0.4) is 0 Å². The topological polar surface area (TPSA) is 64.4 Å². The molecule has 0 saturated carbocycles. The molecule has 0 fully saturated rings. The Balaban J connectivity index is 1.84. The van der Waals surface area contributed by atoms with Crippen molar-refractivity contribution in [2.75, 3.05) is 0 Å². The smallest absolute Gasteiger partial charge is 0.344 e. The van der Waals surface area contributed by atoms with Crippen LogP contribution in [0.15, 0.2) is 72.8 Å². The Morgan fingerprint density at radius 3 is 2.61 bits per heavy atom. The van der Waals surface area contributed by atoms with Gasteiger partial charge in [0, 0.05) is 22.3 Å². The number of carbonyl (C=O) groups is 1. The number of unbranched alkanes of at least 4 members (excludes halogenated alkanes) is 1. The average molecular weight is 435 g/mol. The molecule has 0 saturated heterocycles. The van der Waals surface area contributed by atoms with Crippen LogP contribution in [0.4, 0.5) is 0 Å². The highest BCUT2D eigenvalue weighted by molar-refractivity contribution is 6.30. The molecule has 1 unspecified atom stereocenters. The molecule has 4 rings (SSSR count). The maximum atomic E-state index is 11.6. The van der Waals surface area contributed by atoms with E-state index < -0.39 is 12.1 Å². The van der Waals surface area contributed by atoms with Gasteiger partial charge in [-0.2, -0.15) is 0 Å². The molecule has 1 N–H and O–H groups in total. The molecule has 0 radical (unpaired) electrons. The number of aliphatic carboxylic acids is 1. The normalized spacial score (nSPS) is 12.1. The second-order valence-electron chi connectivity index (χ2n) is 7.35. The van der Waals surface area contributed by atoms with Gasteiger partial charge in [-0.15, -0.1) is 0 Å². The Hall–Kier alpha value is -3.31. The molecule has 0 bridgehead atoms. The van der Waals surface area contributed by atoms with Crippen LogP contribution in [-0.4, -0.2) is 26.7 Å². The van der Waals surface area contributed by atoms with E-state index in [4.69, 9.17) is 21.3 Å². The van der Waals surface area contributed by atoms with E-state index in [0.717, 1.165) is 41.0 Å². The van der Waals surface area contributed by atoms with Crippen molar-refractivity contribution in [3.8, 4) is 22.8 Å². The second kappa shape index (κ2) is 9.23. The Morgan fingerprint density at radius 2 is 1.90 bits per heavy atom. The lowest BCUT2D eigenvalue weighted by atomic mass is 10.1. The van der Waals surface area contributed by atoms with Crippen molar-refractivity contribution in [2.24, 2.45) is 0 Å². The number of rotatable bonds is 8. The van der Waals surface area contributed by atoms with Gasteiger partial charge in [0.15, 0.2) is 6.10 Å². The summed E-state index contributed by atoms with van der Waals surface area (Å²) in [6.07, 6.45) is 1.30. The number of imidazole rings is 1. The number of aromatic nitrogens is 2. The Kier molecular flexibility index (Phi) is 6.23. The molecule has 0 aliphatic heterocycles. The maximum Gasteiger partial charge on any atom is 0.344 e. The number of hydrogen-bond donors (Lipinski definition) is 1. The number of carboxylic acid groups (broad SMARTS) is 1. The molecular weight excluding hydrogens is 412 g/mol. The summed E-state index contributed by atoms with van der Waals surface area (Å²) in [7, 11) is 0. The molecule has 0 spiro atoms. The van der Waals surface area contributed by atoms with Crippen molar-refractivity contribution in [2.45, 2.75) is 32.3 Å². The van der Waals surface area contributed by atoms with E-state index in [9.17, 15) is 9.90 Å². The summed E-state index contributed by atoms with van der Waals surface area (Å²) in [6.45, 7) is 2.03. The molecule has 1 heterocycles. The highest BCUT2D eigenvalue weighted by Crippen LogP contribution is 2.32. The van der Waals surface area contributed by atoms with Crippen LogP contribution >= 0.6 is 11.6 Å². The second-order valence-corrected chi connectivity index (χ2v) is 7.79.